The van der Waals surface area contributed by atoms with Crippen LogP contribution < -0.4 is 15.7 Å². The Morgan fingerprint density at radius 1 is 1.00 bits per heavy atom. The average molecular weight is 407 g/mol. The lowest BCUT2D eigenvalue weighted by Gasteiger charge is -2.07. The van der Waals surface area contributed by atoms with E-state index in [-0.39, 0.29) is 18.1 Å². The van der Waals surface area contributed by atoms with Crippen molar-refractivity contribution in [2.75, 3.05) is 5.32 Å². The third kappa shape index (κ3) is 3.83. The minimum atomic E-state index is -0.557. The van der Waals surface area contributed by atoms with E-state index in [1.807, 2.05) is 29.6 Å². The second kappa shape index (κ2) is 7.76. The van der Waals surface area contributed by atoms with Crippen LogP contribution in [-0.4, -0.2) is 21.0 Å². The summed E-state index contributed by atoms with van der Waals surface area (Å²) in [5.41, 5.74) is 1.72. The lowest BCUT2D eigenvalue weighted by molar-refractivity contribution is -0.135. The highest BCUT2D eigenvalue weighted by Gasteiger charge is 2.15. The molecule has 0 aliphatic rings. The summed E-state index contributed by atoms with van der Waals surface area (Å²) >= 11 is 1.36. The number of thiophene rings is 1. The molecule has 2 aromatic heterocycles. The Balaban J connectivity index is 1.44. The molecule has 29 heavy (non-hydrogen) atoms. The van der Waals surface area contributed by atoms with Crippen LogP contribution in [0.1, 0.15) is 9.67 Å². The summed E-state index contributed by atoms with van der Waals surface area (Å²) < 4.78 is 8.22. The molecule has 146 valence electrons. The summed E-state index contributed by atoms with van der Waals surface area (Å²) in [6.07, 6.45) is 0. The smallest absolute Gasteiger partial charge is 0.331 e. The van der Waals surface area contributed by atoms with Crippen LogP contribution in [0.4, 0.5) is 5.69 Å². The van der Waals surface area contributed by atoms with Gasteiger partial charge in [-0.3, -0.25) is 13.9 Å². The lowest BCUT2D eigenvalue weighted by Crippen LogP contribution is -2.27. The number of aromatic nitrogens is 2. The maximum atomic E-state index is 12.4. The highest BCUT2D eigenvalue weighted by atomic mass is 32.1. The second-order valence-electron chi connectivity index (χ2n) is 6.35. The van der Waals surface area contributed by atoms with Crippen LogP contribution in [0.5, 0.6) is 5.75 Å². The Labute approximate surface area is 169 Å². The molecule has 1 amide bonds. The molecule has 0 unspecified atom stereocenters. The molecule has 0 aliphatic carbocycles. The van der Waals surface area contributed by atoms with Crippen molar-refractivity contribution >= 4 is 39.9 Å². The van der Waals surface area contributed by atoms with Gasteiger partial charge >= 0.3 is 11.7 Å². The van der Waals surface area contributed by atoms with E-state index in [2.05, 4.69) is 5.32 Å². The Morgan fingerprint density at radius 3 is 2.41 bits per heavy atom. The van der Waals surface area contributed by atoms with Crippen molar-refractivity contribution in [2.24, 2.45) is 7.05 Å². The van der Waals surface area contributed by atoms with Gasteiger partial charge in [0.15, 0.2) is 0 Å². The standard InChI is InChI=1S/C21H17N3O4S/c1-23-16-5-2-3-6-17(16)24(21(23)27)13-19(25)28-15-10-8-14(9-11-15)22-20(26)18-7-4-12-29-18/h2-12H,13H2,1H3,(H,22,26). The van der Waals surface area contributed by atoms with Crippen LogP contribution in [-0.2, 0) is 18.4 Å². The first-order valence-electron chi connectivity index (χ1n) is 8.83. The zero-order valence-corrected chi connectivity index (χ0v) is 16.3. The van der Waals surface area contributed by atoms with Gasteiger partial charge in [-0.05, 0) is 47.8 Å². The zero-order chi connectivity index (χ0) is 20.4. The number of carbonyl (C=O) groups is 2. The van der Waals surface area contributed by atoms with Crippen molar-refractivity contribution in [2.45, 2.75) is 6.54 Å². The number of rotatable bonds is 5. The molecule has 2 aromatic carbocycles. The molecule has 0 aliphatic heterocycles. The first-order chi connectivity index (χ1) is 14.0. The fourth-order valence-corrected chi connectivity index (χ4v) is 3.63. The SMILES string of the molecule is Cn1c(=O)n(CC(=O)Oc2ccc(NC(=O)c3cccs3)cc2)c2ccccc21. The maximum Gasteiger partial charge on any atom is 0.331 e. The monoisotopic (exact) mass is 407 g/mol. The van der Waals surface area contributed by atoms with E-state index in [4.69, 9.17) is 4.74 Å². The highest BCUT2D eigenvalue weighted by molar-refractivity contribution is 7.12. The quantitative estimate of drug-likeness (QED) is 0.407. The van der Waals surface area contributed by atoms with Crippen molar-refractivity contribution in [3.05, 3.63) is 81.4 Å². The van der Waals surface area contributed by atoms with Crippen LogP contribution in [0, 0.1) is 0 Å². The predicted molar refractivity (Wildman–Crippen MR) is 112 cm³/mol. The van der Waals surface area contributed by atoms with E-state index in [0.717, 1.165) is 5.52 Å². The number of esters is 1. The molecule has 0 fully saturated rings. The van der Waals surface area contributed by atoms with Gasteiger partial charge in [0.05, 0.1) is 15.9 Å². The van der Waals surface area contributed by atoms with Crippen molar-refractivity contribution < 1.29 is 14.3 Å². The number of hydrogen-bond donors (Lipinski definition) is 1. The number of anilines is 1. The number of amides is 1. The fourth-order valence-electron chi connectivity index (χ4n) is 3.02. The molecule has 2 heterocycles. The van der Waals surface area contributed by atoms with Gasteiger partial charge in [-0.25, -0.2) is 9.59 Å². The number of nitrogens with zero attached hydrogens (tertiary/aromatic N) is 2. The van der Waals surface area contributed by atoms with Crippen LogP contribution in [0.15, 0.2) is 70.8 Å². The van der Waals surface area contributed by atoms with Gasteiger partial charge in [-0.2, -0.15) is 0 Å². The fraction of sp³-hybridized carbons (Fsp3) is 0.0952. The molecular weight excluding hydrogens is 390 g/mol. The van der Waals surface area contributed by atoms with Crippen molar-refractivity contribution in [1.82, 2.24) is 9.13 Å². The van der Waals surface area contributed by atoms with Crippen LogP contribution in [0.3, 0.4) is 0 Å². The number of benzene rings is 2. The molecule has 0 saturated heterocycles. The molecule has 0 radical (unpaired) electrons. The number of aryl methyl sites for hydroxylation is 1. The Morgan fingerprint density at radius 2 is 1.72 bits per heavy atom. The number of para-hydroxylation sites is 2. The van der Waals surface area contributed by atoms with Gasteiger partial charge in [0.25, 0.3) is 5.91 Å². The molecule has 7 nitrogen and oxygen atoms in total. The third-order valence-corrected chi connectivity index (χ3v) is 5.30. The van der Waals surface area contributed by atoms with Gasteiger partial charge in [0.2, 0.25) is 0 Å². The van der Waals surface area contributed by atoms with Gasteiger partial charge in [-0.1, -0.05) is 18.2 Å². The normalized spacial score (nSPS) is 10.8. The lowest BCUT2D eigenvalue weighted by atomic mass is 10.3. The first kappa shape index (κ1) is 18.7. The summed E-state index contributed by atoms with van der Waals surface area (Å²) in [6.45, 7) is -0.197. The topological polar surface area (TPSA) is 82.3 Å². The van der Waals surface area contributed by atoms with Gasteiger partial charge in [0.1, 0.15) is 12.3 Å². The van der Waals surface area contributed by atoms with Crippen LogP contribution >= 0.6 is 11.3 Å². The Hall–Kier alpha value is -3.65. The second-order valence-corrected chi connectivity index (χ2v) is 7.29. The maximum absolute atomic E-state index is 12.4. The molecule has 0 spiro atoms. The van der Waals surface area contributed by atoms with E-state index in [0.29, 0.717) is 21.8 Å². The molecule has 0 saturated carbocycles. The highest BCUT2D eigenvalue weighted by Crippen LogP contribution is 2.18. The number of fused-ring (bicyclic) bond motifs is 1. The molecule has 0 bridgehead atoms. The average Bonchev–Trinajstić information content (AvgIpc) is 3.34. The largest absolute Gasteiger partial charge is 0.425 e. The summed E-state index contributed by atoms with van der Waals surface area (Å²) in [5, 5.41) is 4.61. The molecule has 0 atom stereocenters. The van der Waals surface area contributed by atoms with Gasteiger partial charge in [-0.15, -0.1) is 11.3 Å². The first-order valence-corrected chi connectivity index (χ1v) is 9.71. The molecular formula is C21H17N3O4S. The van der Waals surface area contributed by atoms with E-state index in [1.54, 1.807) is 43.4 Å². The van der Waals surface area contributed by atoms with Crippen molar-refractivity contribution in [3.63, 3.8) is 0 Å². The molecule has 4 aromatic rings. The third-order valence-electron chi connectivity index (χ3n) is 4.43. The number of imidazole rings is 1. The van der Waals surface area contributed by atoms with E-state index >= 15 is 0 Å². The van der Waals surface area contributed by atoms with E-state index in [9.17, 15) is 14.4 Å². The zero-order valence-electron chi connectivity index (χ0n) is 15.5. The van der Waals surface area contributed by atoms with E-state index < -0.39 is 5.97 Å². The van der Waals surface area contributed by atoms with Crippen molar-refractivity contribution in [3.8, 4) is 5.75 Å². The summed E-state index contributed by atoms with van der Waals surface area (Å²) in [5.74, 6) is -0.420. The van der Waals surface area contributed by atoms with Crippen molar-refractivity contribution in [1.29, 1.82) is 0 Å². The molecule has 8 heteroatoms. The summed E-state index contributed by atoms with van der Waals surface area (Å²) in [4.78, 5) is 37.4. The Bertz CT molecular complexity index is 1240. The molecule has 1 N–H and O–H groups in total. The van der Waals surface area contributed by atoms with Gasteiger partial charge in [0, 0.05) is 12.7 Å². The number of carbonyl (C=O) groups excluding carboxylic acids is 2. The van der Waals surface area contributed by atoms with E-state index in [1.165, 1.54) is 20.5 Å². The predicted octanol–water partition coefficient (Wildman–Crippen LogP) is 3.26. The minimum Gasteiger partial charge on any atom is -0.425 e. The summed E-state index contributed by atoms with van der Waals surface area (Å²) in [6, 6.07) is 17.3. The molecule has 4 rings (SSSR count). The van der Waals surface area contributed by atoms with Crippen LogP contribution in [0.2, 0.25) is 0 Å². The Kier molecular flexibility index (Phi) is 5.01. The number of nitrogens with one attached hydrogen (secondary N) is 1. The number of ether oxygens (including phenoxy) is 1. The van der Waals surface area contributed by atoms with Gasteiger partial charge < -0.3 is 10.1 Å². The minimum absolute atomic E-state index is 0.194. The number of hydrogen-bond acceptors (Lipinski definition) is 5. The van der Waals surface area contributed by atoms with Crippen LogP contribution in [0.25, 0.3) is 11.0 Å². The summed E-state index contributed by atoms with van der Waals surface area (Å²) in [7, 11) is 1.66.